The summed E-state index contributed by atoms with van der Waals surface area (Å²) in [7, 11) is 1.41. The Bertz CT molecular complexity index is 1030. The number of hydrogen-bond acceptors (Lipinski definition) is 5. The standard InChI is InChI=1S/C21H20FN3O2S2/c1-12(2)13-4-6-14(7-5-13)19(26)24-20(28)25-21-23-17(11-29-21)15-8-9-18(27-3)16(22)10-15/h4-12H,1-3H3,(H2,23,24,25,26,28). The summed E-state index contributed by atoms with van der Waals surface area (Å²) in [4.78, 5) is 16.7. The van der Waals surface area contributed by atoms with Crippen LogP contribution in [0.1, 0.15) is 35.7 Å². The number of thiocarbonyl (C=S) groups is 1. The minimum Gasteiger partial charge on any atom is -0.494 e. The number of halogens is 1. The van der Waals surface area contributed by atoms with Gasteiger partial charge in [0.15, 0.2) is 21.8 Å². The minimum absolute atomic E-state index is 0.143. The quantitative estimate of drug-likeness (QED) is 0.545. The van der Waals surface area contributed by atoms with Crippen molar-refractivity contribution in [2.24, 2.45) is 0 Å². The average Bonchev–Trinajstić information content (AvgIpc) is 3.16. The monoisotopic (exact) mass is 429 g/mol. The largest absolute Gasteiger partial charge is 0.494 e. The molecule has 0 spiro atoms. The van der Waals surface area contributed by atoms with Gasteiger partial charge in [0.1, 0.15) is 0 Å². The van der Waals surface area contributed by atoms with E-state index in [1.54, 1.807) is 29.6 Å². The summed E-state index contributed by atoms with van der Waals surface area (Å²) >= 11 is 6.51. The first-order valence-electron chi connectivity index (χ1n) is 8.89. The molecule has 0 fully saturated rings. The van der Waals surface area contributed by atoms with Crippen LogP contribution >= 0.6 is 23.6 Å². The first kappa shape index (κ1) is 20.9. The van der Waals surface area contributed by atoms with Gasteiger partial charge in [-0.2, -0.15) is 0 Å². The molecule has 0 aliphatic heterocycles. The third kappa shape index (κ3) is 5.16. The number of benzene rings is 2. The second-order valence-electron chi connectivity index (χ2n) is 6.57. The van der Waals surface area contributed by atoms with Gasteiger partial charge >= 0.3 is 0 Å². The molecule has 0 aliphatic carbocycles. The Balaban J connectivity index is 1.62. The summed E-state index contributed by atoms with van der Waals surface area (Å²) in [5.41, 5.74) is 2.89. The normalized spacial score (nSPS) is 10.7. The van der Waals surface area contributed by atoms with E-state index in [-0.39, 0.29) is 16.8 Å². The summed E-state index contributed by atoms with van der Waals surface area (Å²) in [6.45, 7) is 4.19. The molecule has 3 rings (SSSR count). The summed E-state index contributed by atoms with van der Waals surface area (Å²) < 4.78 is 18.8. The van der Waals surface area contributed by atoms with Crippen molar-refractivity contribution in [3.05, 3.63) is 64.8 Å². The Morgan fingerprint density at radius 1 is 1.21 bits per heavy atom. The van der Waals surface area contributed by atoms with Crippen molar-refractivity contribution < 1.29 is 13.9 Å². The number of rotatable bonds is 5. The average molecular weight is 430 g/mol. The SMILES string of the molecule is COc1ccc(-c2csc(NC(=S)NC(=O)c3ccc(C(C)C)cc3)n2)cc1F. The van der Waals surface area contributed by atoms with E-state index in [1.165, 1.54) is 24.5 Å². The molecule has 3 aromatic rings. The van der Waals surface area contributed by atoms with Crippen molar-refractivity contribution in [3.8, 4) is 17.0 Å². The van der Waals surface area contributed by atoms with E-state index in [1.807, 2.05) is 12.1 Å². The molecule has 0 saturated heterocycles. The van der Waals surface area contributed by atoms with Crippen LogP contribution in [0.3, 0.4) is 0 Å². The molecule has 0 saturated carbocycles. The topological polar surface area (TPSA) is 63.2 Å². The minimum atomic E-state index is -0.459. The Kier molecular flexibility index (Phi) is 6.56. The van der Waals surface area contributed by atoms with Gasteiger partial charge in [-0.25, -0.2) is 9.37 Å². The lowest BCUT2D eigenvalue weighted by atomic mass is 10.0. The lowest BCUT2D eigenvalue weighted by Crippen LogP contribution is -2.34. The molecule has 0 unspecified atom stereocenters. The number of aromatic nitrogens is 1. The van der Waals surface area contributed by atoms with Crippen molar-refractivity contribution in [1.29, 1.82) is 0 Å². The fraction of sp³-hybridized carbons (Fsp3) is 0.190. The van der Waals surface area contributed by atoms with Gasteiger partial charge in [0.2, 0.25) is 0 Å². The highest BCUT2D eigenvalue weighted by Gasteiger charge is 2.12. The van der Waals surface area contributed by atoms with Gasteiger partial charge in [-0.3, -0.25) is 10.1 Å². The van der Waals surface area contributed by atoms with Crippen molar-refractivity contribution in [1.82, 2.24) is 10.3 Å². The second kappa shape index (κ2) is 9.11. The predicted octanol–water partition coefficient (Wildman–Crippen LogP) is 5.21. The van der Waals surface area contributed by atoms with Crippen molar-refractivity contribution in [2.45, 2.75) is 19.8 Å². The molecule has 0 atom stereocenters. The Morgan fingerprint density at radius 2 is 1.93 bits per heavy atom. The highest BCUT2D eigenvalue weighted by atomic mass is 32.1. The zero-order valence-electron chi connectivity index (χ0n) is 16.2. The molecule has 150 valence electrons. The van der Waals surface area contributed by atoms with Crippen molar-refractivity contribution in [3.63, 3.8) is 0 Å². The number of hydrogen-bond donors (Lipinski definition) is 2. The second-order valence-corrected chi connectivity index (χ2v) is 7.84. The van der Waals surface area contributed by atoms with Crippen LogP contribution in [0.4, 0.5) is 9.52 Å². The van der Waals surface area contributed by atoms with Crippen LogP contribution in [-0.4, -0.2) is 23.1 Å². The molecule has 2 aromatic carbocycles. The molecule has 1 aromatic heterocycles. The van der Waals surface area contributed by atoms with Crippen LogP contribution in [-0.2, 0) is 0 Å². The summed E-state index contributed by atoms with van der Waals surface area (Å²) in [5.74, 6) is -0.189. The van der Waals surface area contributed by atoms with Gasteiger partial charge in [-0.05, 0) is 54.0 Å². The molecule has 5 nitrogen and oxygen atoms in total. The van der Waals surface area contributed by atoms with Gasteiger partial charge in [-0.1, -0.05) is 26.0 Å². The van der Waals surface area contributed by atoms with Crippen LogP contribution in [0.2, 0.25) is 0 Å². The Morgan fingerprint density at radius 3 is 2.55 bits per heavy atom. The number of ether oxygens (including phenoxy) is 1. The lowest BCUT2D eigenvalue weighted by molar-refractivity contribution is 0.0977. The van der Waals surface area contributed by atoms with E-state index in [0.29, 0.717) is 27.9 Å². The first-order chi connectivity index (χ1) is 13.9. The molecule has 8 heteroatoms. The molecular formula is C21H20FN3O2S2. The first-order valence-corrected chi connectivity index (χ1v) is 10.2. The number of carbonyl (C=O) groups excluding carboxylic acids is 1. The van der Waals surface area contributed by atoms with Crippen LogP contribution in [0.15, 0.2) is 47.8 Å². The van der Waals surface area contributed by atoms with Crippen LogP contribution < -0.4 is 15.4 Å². The fourth-order valence-corrected chi connectivity index (χ4v) is 3.59. The molecule has 0 radical (unpaired) electrons. The van der Waals surface area contributed by atoms with Crippen LogP contribution in [0.25, 0.3) is 11.3 Å². The maximum absolute atomic E-state index is 13.9. The summed E-state index contributed by atoms with van der Waals surface area (Å²) in [6, 6.07) is 12.0. The maximum atomic E-state index is 13.9. The zero-order valence-corrected chi connectivity index (χ0v) is 17.8. The molecule has 1 amide bonds. The van der Waals surface area contributed by atoms with E-state index in [9.17, 15) is 9.18 Å². The summed E-state index contributed by atoms with van der Waals surface area (Å²) in [6.07, 6.45) is 0. The van der Waals surface area contributed by atoms with E-state index >= 15 is 0 Å². The van der Waals surface area contributed by atoms with Gasteiger partial charge in [0.05, 0.1) is 12.8 Å². The van der Waals surface area contributed by atoms with Gasteiger partial charge in [-0.15, -0.1) is 11.3 Å². The smallest absolute Gasteiger partial charge is 0.257 e. The van der Waals surface area contributed by atoms with Gasteiger partial charge in [0, 0.05) is 16.5 Å². The number of methoxy groups -OCH3 is 1. The molecule has 1 heterocycles. The number of nitrogens with one attached hydrogen (secondary N) is 2. The molecule has 0 aliphatic rings. The van der Waals surface area contributed by atoms with E-state index in [2.05, 4.69) is 29.5 Å². The molecule has 2 N–H and O–H groups in total. The van der Waals surface area contributed by atoms with Crippen LogP contribution in [0.5, 0.6) is 5.75 Å². The molecular weight excluding hydrogens is 409 g/mol. The highest BCUT2D eigenvalue weighted by Crippen LogP contribution is 2.28. The van der Waals surface area contributed by atoms with Crippen molar-refractivity contribution in [2.75, 3.05) is 12.4 Å². The number of nitrogens with zero attached hydrogens (tertiary/aromatic N) is 1. The molecule has 29 heavy (non-hydrogen) atoms. The van der Waals surface area contributed by atoms with E-state index < -0.39 is 5.82 Å². The molecule has 0 bridgehead atoms. The summed E-state index contributed by atoms with van der Waals surface area (Å²) in [5, 5.41) is 7.94. The maximum Gasteiger partial charge on any atom is 0.257 e. The number of anilines is 1. The zero-order chi connectivity index (χ0) is 21.0. The fourth-order valence-electron chi connectivity index (χ4n) is 2.61. The highest BCUT2D eigenvalue weighted by molar-refractivity contribution is 7.80. The van der Waals surface area contributed by atoms with Crippen molar-refractivity contribution >= 4 is 39.7 Å². The third-order valence-corrected chi connectivity index (χ3v) is 5.20. The number of amides is 1. The Hall–Kier alpha value is -2.84. The third-order valence-electron chi connectivity index (χ3n) is 4.24. The lowest BCUT2D eigenvalue weighted by Gasteiger charge is -2.09. The Labute approximate surface area is 177 Å². The van der Waals surface area contributed by atoms with Crippen LogP contribution in [0, 0.1) is 5.82 Å². The van der Waals surface area contributed by atoms with E-state index in [4.69, 9.17) is 17.0 Å². The predicted molar refractivity (Wildman–Crippen MR) is 118 cm³/mol. The van der Waals surface area contributed by atoms with Gasteiger partial charge < -0.3 is 10.1 Å². The number of thiazole rings is 1. The van der Waals surface area contributed by atoms with E-state index in [0.717, 1.165) is 5.56 Å². The number of carbonyl (C=O) groups is 1. The van der Waals surface area contributed by atoms with Gasteiger partial charge in [0.25, 0.3) is 5.91 Å².